The quantitative estimate of drug-likeness (QED) is 0.607. The molecule has 2 aromatic rings. The zero-order valence-electron chi connectivity index (χ0n) is 16.9. The average Bonchev–Trinajstić information content (AvgIpc) is 3.23. The van der Waals surface area contributed by atoms with E-state index in [1.54, 1.807) is 17.0 Å². The van der Waals surface area contributed by atoms with Crippen LogP contribution in [0.2, 0.25) is 0 Å². The number of nitrogens with zero attached hydrogens (tertiary/aromatic N) is 1. The molecule has 1 saturated heterocycles. The molecule has 0 aliphatic carbocycles. The molecule has 30 heavy (non-hydrogen) atoms. The van der Waals surface area contributed by atoms with Crippen molar-refractivity contribution in [1.82, 2.24) is 10.2 Å². The van der Waals surface area contributed by atoms with Gasteiger partial charge in [-0.05, 0) is 36.1 Å². The van der Waals surface area contributed by atoms with Gasteiger partial charge in [-0.3, -0.25) is 9.59 Å². The molecule has 1 aliphatic rings. The third-order valence-corrected chi connectivity index (χ3v) is 5.37. The first-order valence-electron chi connectivity index (χ1n) is 10.2. The first kappa shape index (κ1) is 21.5. The van der Waals surface area contributed by atoms with E-state index in [0.29, 0.717) is 25.9 Å². The molecule has 1 fully saturated rings. The second-order valence-electron chi connectivity index (χ2n) is 7.72. The summed E-state index contributed by atoms with van der Waals surface area (Å²) in [7, 11) is 0. The Balaban J connectivity index is 1.51. The summed E-state index contributed by atoms with van der Waals surface area (Å²) in [6.07, 6.45) is 2.49. The number of benzene rings is 2. The Labute approximate surface area is 175 Å². The normalized spacial score (nSPS) is 16.8. The number of nitrogens with one attached hydrogen (secondary N) is 1. The van der Waals surface area contributed by atoms with E-state index in [0.717, 1.165) is 24.0 Å². The van der Waals surface area contributed by atoms with Crippen LogP contribution in [0.15, 0.2) is 54.6 Å². The fraction of sp³-hybridized carbons (Fsp3) is 0.348. The smallest absolute Gasteiger partial charge is 0.335 e. The molecule has 0 aromatic heterocycles. The number of carboxylic acids is 1. The van der Waals surface area contributed by atoms with E-state index in [-0.39, 0.29) is 23.4 Å². The Kier molecular flexibility index (Phi) is 7.19. The van der Waals surface area contributed by atoms with E-state index in [1.165, 1.54) is 12.1 Å². The van der Waals surface area contributed by atoms with Crippen LogP contribution in [0, 0.1) is 0 Å². The summed E-state index contributed by atoms with van der Waals surface area (Å²) in [6, 6.07) is 15.8. The molecule has 7 heteroatoms. The summed E-state index contributed by atoms with van der Waals surface area (Å²) in [5.41, 5.74) is 6.28. The molecule has 0 radical (unpaired) electrons. The Morgan fingerprint density at radius 1 is 1.07 bits per heavy atom. The molecule has 0 spiro atoms. The van der Waals surface area contributed by atoms with Gasteiger partial charge in [-0.25, -0.2) is 4.79 Å². The summed E-state index contributed by atoms with van der Waals surface area (Å²) in [5.74, 6) is -1.19. The van der Waals surface area contributed by atoms with Crippen molar-refractivity contribution in [2.45, 2.75) is 44.3 Å². The minimum Gasteiger partial charge on any atom is -0.478 e. The van der Waals surface area contributed by atoms with E-state index in [1.807, 2.05) is 30.3 Å². The van der Waals surface area contributed by atoms with Crippen LogP contribution >= 0.6 is 0 Å². The number of carbonyl (C=O) groups excluding carboxylic acids is 2. The van der Waals surface area contributed by atoms with Crippen molar-refractivity contribution in [3.63, 3.8) is 0 Å². The summed E-state index contributed by atoms with van der Waals surface area (Å²) < 4.78 is 0. The van der Waals surface area contributed by atoms with Crippen molar-refractivity contribution in [2.24, 2.45) is 0 Å². The fourth-order valence-electron chi connectivity index (χ4n) is 3.79. The van der Waals surface area contributed by atoms with Gasteiger partial charge in [0.2, 0.25) is 11.8 Å². The first-order chi connectivity index (χ1) is 14.4. The lowest BCUT2D eigenvalue weighted by Gasteiger charge is -2.24. The van der Waals surface area contributed by atoms with Crippen molar-refractivity contribution in [3.8, 4) is 0 Å². The fourth-order valence-corrected chi connectivity index (χ4v) is 3.79. The van der Waals surface area contributed by atoms with Crippen LogP contribution in [-0.2, 0) is 22.6 Å². The Morgan fingerprint density at radius 3 is 2.43 bits per heavy atom. The monoisotopic (exact) mass is 410 g/mol. The Morgan fingerprint density at radius 2 is 1.77 bits per heavy atom. The first-order valence-corrected chi connectivity index (χ1v) is 10.2. The van der Waals surface area contributed by atoms with E-state index >= 15 is 0 Å². The lowest BCUT2D eigenvalue weighted by atomic mass is 10.0. The Bertz CT molecular complexity index is 883. The van der Waals surface area contributed by atoms with Gasteiger partial charge in [0.1, 0.15) is 6.04 Å². The maximum absolute atomic E-state index is 12.8. The highest BCUT2D eigenvalue weighted by atomic mass is 16.4. The van der Waals surface area contributed by atoms with Gasteiger partial charge in [-0.1, -0.05) is 42.5 Å². The minimum atomic E-state index is -0.985. The third-order valence-electron chi connectivity index (χ3n) is 5.37. The van der Waals surface area contributed by atoms with Gasteiger partial charge in [0.25, 0.3) is 0 Å². The minimum absolute atomic E-state index is 0.0330. The largest absolute Gasteiger partial charge is 0.478 e. The maximum atomic E-state index is 12.8. The van der Waals surface area contributed by atoms with Crippen LogP contribution in [0.3, 0.4) is 0 Å². The Hall–Kier alpha value is -3.19. The molecule has 0 bridgehead atoms. The lowest BCUT2D eigenvalue weighted by Crippen LogP contribution is -2.63. The predicted octanol–water partition coefficient (Wildman–Crippen LogP) is 1.24. The molecular formula is C23H28N3O4+. The van der Waals surface area contributed by atoms with Crippen molar-refractivity contribution in [2.75, 3.05) is 6.54 Å². The van der Waals surface area contributed by atoms with Gasteiger partial charge in [0, 0.05) is 19.5 Å². The average molecular weight is 410 g/mol. The van der Waals surface area contributed by atoms with E-state index in [2.05, 4.69) is 11.1 Å². The highest BCUT2D eigenvalue weighted by Gasteiger charge is 2.34. The molecule has 7 nitrogen and oxygen atoms in total. The van der Waals surface area contributed by atoms with Crippen LogP contribution in [0.5, 0.6) is 0 Å². The van der Waals surface area contributed by atoms with E-state index in [4.69, 9.17) is 5.11 Å². The number of carboxylic acid groups (broad SMARTS) is 1. The molecule has 158 valence electrons. The standard InChI is InChI=1S/C23H27N3O4/c24-19(13-16-5-2-1-3-6-16)14-21(27)26-12-4-7-20(26)22(28)25-15-17-8-10-18(11-9-17)23(29)30/h1-3,5-6,8-11,19-20H,4,7,12-15,24H2,(H,25,28)(H,29,30)/p+1/t19?,20-/m0/s1. The number of aromatic carboxylic acids is 1. The maximum Gasteiger partial charge on any atom is 0.335 e. The number of hydrogen-bond acceptors (Lipinski definition) is 3. The molecule has 2 aromatic carbocycles. The number of hydrogen-bond donors (Lipinski definition) is 3. The second-order valence-corrected chi connectivity index (χ2v) is 7.72. The van der Waals surface area contributed by atoms with Crippen LogP contribution in [-0.4, -0.2) is 46.4 Å². The molecule has 1 aliphatic heterocycles. The third kappa shape index (κ3) is 5.67. The van der Waals surface area contributed by atoms with Crippen molar-refractivity contribution in [1.29, 1.82) is 0 Å². The van der Waals surface area contributed by atoms with Crippen LogP contribution in [0.1, 0.15) is 40.7 Å². The second kappa shape index (κ2) is 10.0. The van der Waals surface area contributed by atoms with Gasteiger partial charge in [-0.2, -0.15) is 0 Å². The number of rotatable bonds is 8. The highest BCUT2D eigenvalue weighted by Crippen LogP contribution is 2.19. The van der Waals surface area contributed by atoms with Crippen LogP contribution in [0.4, 0.5) is 0 Å². The number of likely N-dealkylation sites (tertiary alicyclic amines) is 1. The highest BCUT2D eigenvalue weighted by molar-refractivity contribution is 5.89. The molecule has 2 atom stereocenters. The molecule has 3 rings (SSSR count). The molecule has 2 amide bonds. The lowest BCUT2D eigenvalue weighted by molar-refractivity contribution is -0.418. The zero-order valence-corrected chi connectivity index (χ0v) is 16.9. The number of amides is 2. The summed E-state index contributed by atoms with van der Waals surface area (Å²) in [5, 5.41) is 11.8. The summed E-state index contributed by atoms with van der Waals surface area (Å²) in [6.45, 7) is 0.880. The SMILES string of the molecule is [NH3+]C(CC(=O)N1CCC[C@H]1C(=O)NCc1ccc(C(=O)O)cc1)Cc1ccccc1. The van der Waals surface area contributed by atoms with Gasteiger partial charge in [0.05, 0.1) is 18.0 Å². The van der Waals surface area contributed by atoms with Crippen LogP contribution in [0.25, 0.3) is 0 Å². The number of quaternary nitrogens is 1. The van der Waals surface area contributed by atoms with Gasteiger partial charge in [0.15, 0.2) is 0 Å². The molecule has 1 heterocycles. The molecule has 1 unspecified atom stereocenters. The van der Waals surface area contributed by atoms with E-state index in [9.17, 15) is 14.4 Å². The number of carbonyl (C=O) groups is 3. The van der Waals surface area contributed by atoms with E-state index < -0.39 is 12.0 Å². The summed E-state index contributed by atoms with van der Waals surface area (Å²) >= 11 is 0. The predicted molar refractivity (Wildman–Crippen MR) is 111 cm³/mol. The molecule has 0 saturated carbocycles. The van der Waals surface area contributed by atoms with Gasteiger partial charge < -0.3 is 21.1 Å². The topological polar surface area (TPSA) is 114 Å². The van der Waals surface area contributed by atoms with Crippen LogP contribution < -0.4 is 11.1 Å². The molecule has 5 N–H and O–H groups in total. The molecular weight excluding hydrogens is 382 g/mol. The van der Waals surface area contributed by atoms with Gasteiger partial charge >= 0.3 is 5.97 Å². The zero-order chi connectivity index (χ0) is 21.5. The van der Waals surface area contributed by atoms with Gasteiger partial charge in [-0.15, -0.1) is 0 Å². The van der Waals surface area contributed by atoms with Crippen molar-refractivity contribution >= 4 is 17.8 Å². The van der Waals surface area contributed by atoms with Crippen molar-refractivity contribution < 1.29 is 25.2 Å². The summed E-state index contributed by atoms with van der Waals surface area (Å²) in [4.78, 5) is 38.0. The van der Waals surface area contributed by atoms with Crippen molar-refractivity contribution in [3.05, 3.63) is 71.3 Å².